The largest absolute Gasteiger partial charge is 0.280 e. The lowest BCUT2D eigenvalue weighted by Crippen LogP contribution is -2.29. The maximum Gasteiger partial charge on any atom is 0.262 e. The Morgan fingerprint density at radius 1 is 1.03 bits per heavy atom. The summed E-state index contributed by atoms with van der Waals surface area (Å²) in [5.74, 6) is -0.972. The molecule has 0 radical (unpaired) electrons. The maximum absolute atomic E-state index is 12.8. The third-order valence-electron chi connectivity index (χ3n) is 4.21. The van der Waals surface area contributed by atoms with Crippen LogP contribution < -0.4 is 14.2 Å². The maximum atomic E-state index is 12.8. The Bertz CT molecular complexity index is 1300. The minimum atomic E-state index is -4.16. The van der Waals surface area contributed by atoms with Crippen LogP contribution in [-0.4, -0.2) is 36.9 Å². The third kappa shape index (κ3) is 4.27. The molecule has 0 spiro atoms. The molecule has 2 aromatic rings. The first-order valence-electron chi connectivity index (χ1n) is 8.13. The van der Waals surface area contributed by atoms with Crippen molar-refractivity contribution in [3.63, 3.8) is 0 Å². The van der Waals surface area contributed by atoms with Crippen molar-refractivity contribution in [3.05, 3.63) is 48.0 Å². The van der Waals surface area contributed by atoms with E-state index in [0.717, 1.165) is 18.2 Å². The summed E-state index contributed by atoms with van der Waals surface area (Å²) in [4.78, 5) is 11.6. The number of aryl methyl sites for hydroxylation is 1. The number of carbonyl (C=O) groups is 1. The SMILES string of the molecule is Cc1ccc(N2C(=O)CCS2(=O)=O)cc1S(=O)(=O)Nc1ccc(S(N)(=O)=O)cc1. The van der Waals surface area contributed by atoms with Gasteiger partial charge in [0.05, 0.1) is 21.2 Å². The van der Waals surface area contributed by atoms with E-state index in [1.54, 1.807) is 0 Å². The van der Waals surface area contributed by atoms with Crippen LogP contribution in [0.15, 0.2) is 52.3 Å². The number of benzene rings is 2. The lowest BCUT2D eigenvalue weighted by Gasteiger charge is -2.17. The first kappa shape index (κ1) is 21.2. The van der Waals surface area contributed by atoms with Crippen molar-refractivity contribution in [3.8, 4) is 0 Å². The van der Waals surface area contributed by atoms with Crippen LogP contribution in [-0.2, 0) is 34.9 Å². The van der Waals surface area contributed by atoms with E-state index in [-0.39, 0.29) is 33.3 Å². The van der Waals surface area contributed by atoms with Crippen LogP contribution in [0, 0.1) is 6.92 Å². The second kappa shape index (κ2) is 7.09. The number of hydrogen-bond donors (Lipinski definition) is 2. The summed E-state index contributed by atoms with van der Waals surface area (Å²) in [7, 11) is -11.9. The van der Waals surface area contributed by atoms with Crippen LogP contribution in [0.1, 0.15) is 12.0 Å². The van der Waals surface area contributed by atoms with E-state index in [9.17, 15) is 30.0 Å². The molecule has 1 heterocycles. The summed E-state index contributed by atoms with van der Waals surface area (Å²) in [6.45, 7) is 1.52. The van der Waals surface area contributed by atoms with Gasteiger partial charge in [0.25, 0.3) is 10.0 Å². The van der Waals surface area contributed by atoms with E-state index in [1.165, 1.54) is 31.2 Å². The highest BCUT2D eigenvalue weighted by atomic mass is 32.2. The van der Waals surface area contributed by atoms with Gasteiger partial charge >= 0.3 is 0 Å². The molecule has 0 unspecified atom stereocenters. The molecule has 3 rings (SSSR count). The summed E-state index contributed by atoms with van der Waals surface area (Å²) < 4.78 is 75.3. The van der Waals surface area contributed by atoms with Crippen LogP contribution in [0.3, 0.4) is 0 Å². The van der Waals surface area contributed by atoms with Gasteiger partial charge in [0.2, 0.25) is 26.0 Å². The van der Waals surface area contributed by atoms with Gasteiger partial charge in [-0.2, -0.15) is 0 Å². The molecule has 1 fully saturated rings. The molecule has 1 aliphatic heterocycles. The Morgan fingerprint density at radius 3 is 2.17 bits per heavy atom. The predicted molar refractivity (Wildman–Crippen MR) is 106 cm³/mol. The molecule has 1 amide bonds. The standard InChI is InChI=1S/C16H17N3O7S3/c1-11-2-5-13(19-16(20)8-9-27(19,21)22)10-15(11)29(25,26)18-12-3-6-14(7-4-12)28(17,23)24/h2-7,10,18H,8-9H2,1H3,(H2,17,23,24). The number of hydrogen-bond acceptors (Lipinski definition) is 7. The van der Waals surface area contributed by atoms with E-state index >= 15 is 0 Å². The van der Waals surface area contributed by atoms with Crippen LogP contribution in [0.2, 0.25) is 0 Å². The highest BCUT2D eigenvalue weighted by Gasteiger charge is 2.37. The molecule has 0 saturated carbocycles. The normalized spacial score (nSPS) is 16.8. The Kier molecular flexibility index (Phi) is 5.19. The molecule has 0 aliphatic carbocycles. The lowest BCUT2D eigenvalue weighted by molar-refractivity contribution is -0.116. The average Bonchev–Trinajstić information content (AvgIpc) is 2.88. The quantitative estimate of drug-likeness (QED) is 0.658. The summed E-state index contributed by atoms with van der Waals surface area (Å²) >= 11 is 0. The first-order valence-corrected chi connectivity index (χ1v) is 12.8. The molecule has 3 N–H and O–H groups in total. The number of sulfonamides is 3. The molecular formula is C16H17N3O7S3. The molecule has 0 atom stereocenters. The zero-order valence-corrected chi connectivity index (χ0v) is 17.5. The van der Waals surface area contributed by atoms with Gasteiger partial charge in [-0.05, 0) is 48.9 Å². The van der Waals surface area contributed by atoms with Crippen molar-refractivity contribution >= 4 is 47.4 Å². The second-order valence-electron chi connectivity index (χ2n) is 6.35. The average molecular weight is 460 g/mol. The van der Waals surface area contributed by atoms with Crippen LogP contribution in [0.4, 0.5) is 11.4 Å². The summed E-state index contributed by atoms with van der Waals surface area (Å²) in [6, 6.07) is 8.61. The molecule has 1 saturated heterocycles. The highest BCUT2D eigenvalue weighted by molar-refractivity contribution is 7.94. The third-order valence-corrected chi connectivity index (χ3v) is 8.35. The number of primary sulfonamides is 1. The van der Waals surface area contributed by atoms with Crippen LogP contribution in [0.25, 0.3) is 0 Å². The Morgan fingerprint density at radius 2 is 1.66 bits per heavy atom. The van der Waals surface area contributed by atoms with Crippen molar-refractivity contribution in [1.82, 2.24) is 0 Å². The van der Waals surface area contributed by atoms with Gasteiger partial charge in [-0.15, -0.1) is 0 Å². The number of amides is 1. The highest BCUT2D eigenvalue weighted by Crippen LogP contribution is 2.30. The minimum absolute atomic E-state index is 0.0666. The topological polar surface area (TPSA) is 161 Å². The molecule has 10 nitrogen and oxygen atoms in total. The van der Waals surface area contributed by atoms with Gasteiger partial charge in [-0.1, -0.05) is 6.07 Å². The molecular weight excluding hydrogens is 442 g/mol. The van der Waals surface area contributed by atoms with E-state index in [4.69, 9.17) is 5.14 Å². The van der Waals surface area contributed by atoms with Crippen LogP contribution in [0.5, 0.6) is 0 Å². The number of carbonyl (C=O) groups excluding carboxylic acids is 1. The van der Waals surface area contributed by atoms with Crippen molar-refractivity contribution in [1.29, 1.82) is 0 Å². The fraction of sp³-hybridized carbons (Fsp3) is 0.188. The Hall–Kier alpha value is -2.48. The Balaban J connectivity index is 1.98. The first-order chi connectivity index (χ1) is 13.3. The fourth-order valence-corrected chi connectivity index (χ4v) is 6.09. The zero-order chi connectivity index (χ0) is 21.6. The predicted octanol–water partition coefficient (Wildman–Crippen LogP) is 0.510. The van der Waals surface area contributed by atoms with Gasteiger partial charge in [0, 0.05) is 12.1 Å². The smallest absolute Gasteiger partial charge is 0.262 e. The summed E-state index contributed by atoms with van der Waals surface area (Å²) in [5.41, 5.74) is 0.335. The molecule has 29 heavy (non-hydrogen) atoms. The van der Waals surface area contributed by atoms with Crippen molar-refractivity contribution in [2.24, 2.45) is 5.14 Å². The number of nitrogens with one attached hydrogen (secondary N) is 1. The number of anilines is 2. The van der Waals surface area contributed by atoms with Gasteiger partial charge in [0.15, 0.2) is 0 Å². The lowest BCUT2D eigenvalue weighted by atomic mass is 10.2. The minimum Gasteiger partial charge on any atom is -0.280 e. The van der Waals surface area contributed by atoms with E-state index in [1.807, 2.05) is 0 Å². The fourth-order valence-electron chi connectivity index (χ4n) is 2.80. The van der Waals surface area contributed by atoms with Crippen molar-refractivity contribution in [2.45, 2.75) is 23.1 Å². The molecule has 0 bridgehead atoms. The molecule has 2 aromatic carbocycles. The van der Waals surface area contributed by atoms with Gasteiger partial charge < -0.3 is 0 Å². The van der Waals surface area contributed by atoms with Crippen LogP contribution >= 0.6 is 0 Å². The number of nitrogens with zero attached hydrogens (tertiary/aromatic N) is 1. The molecule has 156 valence electrons. The van der Waals surface area contributed by atoms with Gasteiger partial charge in [-0.25, -0.2) is 34.7 Å². The number of nitrogens with two attached hydrogens (primary N) is 1. The summed E-state index contributed by atoms with van der Waals surface area (Å²) in [5, 5.41) is 5.01. The van der Waals surface area contributed by atoms with Gasteiger partial charge in [0.1, 0.15) is 0 Å². The van der Waals surface area contributed by atoms with E-state index < -0.39 is 36.0 Å². The molecule has 1 aliphatic rings. The second-order valence-corrected chi connectivity index (χ2v) is 11.5. The number of rotatable bonds is 5. The Labute approximate surface area is 168 Å². The van der Waals surface area contributed by atoms with Crippen molar-refractivity contribution < 1.29 is 30.0 Å². The molecule has 13 heteroatoms. The van der Waals surface area contributed by atoms with Crippen molar-refractivity contribution in [2.75, 3.05) is 14.8 Å². The van der Waals surface area contributed by atoms with E-state index in [2.05, 4.69) is 4.72 Å². The summed E-state index contributed by atoms with van der Waals surface area (Å²) in [6.07, 6.45) is -0.174. The van der Waals surface area contributed by atoms with Gasteiger partial charge in [-0.3, -0.25) is 9.52 Å². The molecule has 0 aromatic heterocycles. The van der Waals surface area contributed by atoms with E-state index in [0.29, 0.717) is 9.87 Å². The zero-order valence-electron chi connectivity index (χ0n) is 15.1. The monoisotopic (exact) mass is 459 g/mol.